The molecule has 0 aliphatic heterocycles. The third-order valence-corrected chi connectivity index (χ3v) is 5.65. The van der Waals surface area contributed by atoms with Crippen LogP contribution in [0.1, 0.15) is 27.4 Å². The highest BCUT2D eigenvalue weighted by Crippen LogP contribution is 2.21. The fraction of sp³-hybridized carbons (Fsp3) is 0.150. The number of carbonyl (C=O) groups is 1. The quantitative estimate of drug-likeness (QED) is 0.441. The van der Waals surface area contributed by atoms with Crippen molar-refractivity contribution in [3.63, 3.8) is 0 Å². The SMILES string of the molecule is Cc1cc(NS(=O)(=O)c2ccc(NC(=O)c3ccc([N+](=O)[O-])c(C)c3)cc2)nc(C)n1. The summed E-state index contributed by atoms with van der Waals surface area (Å²) in [5, 5.41) is 13.5. The van der Waals surface area contributed by atoms with Gasteiger partial charge in [0, 0.05) is 34.6 Å². The van der Waals surface area contributed by atoms with E-state index in [2.05, 4.69) is 20.0 Å². The van der Waals surface area contributed by atoms with Crippen molar-refractivity contribution in [1.29, 1.82) is 0 Å². The first kappa shape index (κ1) is 21.8. The Labute approximate surface area is 178 Å². The number of aryl methyl sites for hydroxylation is 3. The van der Waals surface area contributed by atoms with Crippen molar-refractivity contribution < 1.29 is 18.1 Å². The molecule has 1 amide bonds. The minimum absolute atomic E-state index is 0.00871. The summed E-state index contributed by atoms with van der Waals surface area (Å²) in [7, 11) is -3.88. The summed E-state index contributed by atoms with van der Waals surface area (Å²) in [6.07, 6.45) is 0. The van der Waals surface area contributed by atoms with Gasteiger partial charge in [-0.15, -0.1) is 0 Å². The van der Waals surface area contributed by atoms with Crippen molar-refractivity contribution in [1.82, 2.24) is 9.97 Å². The number of hydrogen-bond donors (Lipinski definition) is 2. The maximum Gasteiger partial charge on any atom is 0.272 e. The number of aromatic nitrogens is 2. The van der Waals surface area contributed by atoms with Crippen LogP contribution < -0.4 is 10.0 Å². The molecule has 160 valence electrons. The van der Waals surface area contributed by atoms with Crippen molar-refractivity contribution in [3.05, 3.63) is 81.3 Å². The lowest BCUT2D eigenvalue weighted by Gasteiger charge is -2.10. The van der Waals surface area contributed by atoms with E-state index in [9.17, 15) is 23.3 Å². The molecule has 0 aliphatic carbocycles. The molecule has 2 aromatic carbocycles. The minimum Gasteiger partial charge on any atom is -0.322 e. The van der Waals surface area contributed by atoms with Gasteiger partial charge in [0.05, 0.1) is 9.82 Å². The monoisotopic (exact) mass is 441 g/mol. The van der Waals surface area contributed by atoms with E-state index in [-0.39, 0.29) is 22.0 Å². The second-order valence-corrected chi connectivity index (χ2v) is 8.47. The van der Waals surface area contributed by atoms with Gasteiger partial charge in [-0.1, -0.05) is 0 Å². The minimum atomic E-state index is -3.88. The number of nitrogens with one attached hydrogen (secondary N) is 2. The Balaban J connectivity index is 1.74. The Morgan fingerprint density at radius 2 is 1.68 bits per heavy atom. The highest BCUT2D eigenvalue weighted by Gasteiger charge is 2.17. The van der Waals surface area contributed by atoms with Crippen LogP contribution >= 0.6 is 0 Å². The van der Waals surface area contributed by atoms with E-state index in [0.29, 0.717) is 22.8 Å². The Morgan fingerprint density at radius 1 is 1.00 bits per heavy atom. The van der Waals surface area contributed by atoms with Crippen molar-refractivity contribution in [2.75, 3.05) is 10.0 Å². The van der Waals surface area contributed by atoms with E-state index in [1.54, 1.807) is 20.8 Å². The van der Waals surface area contributed by atoms with Crippen LogP contribution in [0.25, 0.3) is 0 Å². The van der Waals surface area contributed by atoms with Crippen LogP contribution in [-0.4, -0.2) is 29.2 Å². The molecule has 2 N–H and O–H groups in total. The molecule has 0 bridgehead atoms. The van der Waals surface area contributed by atoms with Crippen LogP contribution in [0.2, 0.25) is 0 Å². The molecule has 11 heteroatoms. The molecule has 0 unspecified atom stereocenters. The highest BCUT2D eigenvalue weighted by molar-refractivity contribution is 7.92. The zero-order valence-electron chi connectivity index (χ0n) is 16.9. The average molecular weight is 441 g/mol. The molecule has 1 heterocycles. The number of sulfonamides is 1. The molecule has 0 radical (unpaired) electrons. The molecular formula is C20H19N5O5S. The number of amides is 1. The van der Waals surface area contributed by atoms with Gasteiger partial charge in [-0.05, 0) is 57.2 Å². The van der Waals surface area contributed by atoms with E-state index in [4.69, 9.17) is 0 Å². The summed E-state index contributed by atoms with van der Waals surface area (Å²) in [5.41, 5.74) is 1.53. The van der Waals surface area contributed by atoms with Gasteiger partial charge in [-0.3, -0.25) is 19.6 Å². The van der Waals surface area contributed by atoms with Gasteiger partial charge in [0.15, 0.2) is 0 Å². The first-order chi connectivity index (χ1) is 14.5. The summed E-state index contributed by atoms with van der Waals surface area (Å²) in [4.78, 5) is 30.9. The number of nitro benzene ring substituents is 1. The summed E-state index contributed by atoms with van der Waals surface area (Å²) in [6, 6.07) is 11.1. The van der Waals surface area contributed by atoms with Gasteiger partial charge in [0.1, 0.15) is 11.6 Å². The third-order valence-electron chi connectivity index (χ3n) is 4.28. The molecule has 0 spiro atoms. The van der Waals surface area contributed by atoms with Crippen molar-refractivity contribution >= 4 is 33.1 Å². The van der Waals surface area contributed by atoms with Crippen LogP contribution in [0.3, 0.4) is 0 Å². The normalized spacial score (nSPS) is 11.1. The van der Waals surface area contributed by atoms with Crippen molar-refractivity contribution in [2.45, 2.75) is 25.7 Å². The number of benzene rings is 2. The van der Waals surface area contributed by atoms with Gasteiger partial charge in [-0.25, -0.2) is 18.4 Å². The maximum atomic E-state index is 12.6. The van der Waals surface area contributed by atoms with E-state index < -0.39 is 20.9 Å². The second kappa shape index (κ2) is 8.48. The predicted molar refractivity (Wildman–Crippen MR) is 115 cm³/mol. The Morgan fingerprint density at radius 3 is 2.26 bits per heavy atom. The van der Waals surface area contributed by atoms with E-state index in [1.165, 1.54) is 48.5 Å². The zero-order chi connectivity index (χ0) is 22.8. The molecular weight excluding hydrogens is 422 g/mol. The average Bonchev–Trinajstić information content (AvgIpc) is 2.66. The summed E-state index contributed by atoms with van der Waals surface area (Å²) < 4.78 is 27.6. The molecule has 3 aromatic rings. The topological polar surface area (TPSA) is 144 Å². The van der Waals surface area contributed by atoms with Crippen molar-refractivity contribution in [3.8, 4) is 0 Å². The zero-order valence-corrected chi connectivity index (χ0v) is 17.7. The summed E-state index contributed by atoms with van der Waals surface area (Å²) in [6.45, 7) is 4.94. The number of nitro groups is 1. The highest BCUT2D eigenvalue weighted by atomic mass is 32.2. The molecule has 0 saturated heterocycles. The maximum absolute atomic E-state index is 12.6. The number of carbonyl (C=O) groups excluding carboxylic acids is 1. The molecule has 0 aliphatic rings. The van der Waals surface area contributed by atoms with Gasteiger partial charge in [-0.2, -0.15) is 0 Å². The van der Waals surface area contributed by atoms with Gasteiger partial charge >= 0.3 is 0 Å². The number of nitrogens with zero attached hydrogens (tertiary/aromatic N) is 3. The Hall–Kier alpha value is -3.86. The van der Waals surface area contributed by atoms with Crippen LogP contribution in [0.15, 0.2) is 53.4 Å². The van der Waals surface area contributed by atoms with Crippen molar-refractivity contribution in [2.24, 2.45) is 0 Å². The fourth-order valence-electron chi connectivity index (χ4n) is 2.89. The molecule has 31 heavy (non-hydrogen) atoms. The number of anilines is 2. The second-order valence-electron chi connectivity index (χ2n) is 6.78. The third kappa shape index (κ3) is 5.20. The van der Waals surface area contributed by atoms with E-state index in [0.717, 1.165) is 0 Å². The molecule has 3 rings (SSSR count). The first-order valence-corrected chi connectivity index (χ1v) is 10.5. The Bertz CT molecular complexity index is 1250. The van der Waals surface area contributed by atoms with Crippen LogP contribution in [-0.2, 0) is 10.0 Å². The molecule has 0 atom stereocenters. The molecule has 10 nitrogen and oxygen atoms in total. The fourth-order valence-corrected chi connectivity index (χ4v) is 3.88. The van der Waals surface area contributed by atoms with Gasteiger partial charge in [0.2, 0.25) is 0 Å². The smallest absolute Gasteiger partial charge is 0.272 e. The first-order valence-electron chi connectivity index (χ1n) is 9.07. The van der Waals surface area contributed by atoms with Crippen LogP contribution in [0.5, 0.6) is 0 Å². The van der Waals surface area contributed by atoms with Gasteiger partial charge < -0.3 is 5.32 Å². The van der Waals surface area contributed by atoms with Crippen LogP contribution in [0, 0.1) is 30.9 Å². The number of rotatable bonds is 6. The standard InChI is InChI=1S/C20H19N5O5S/c1-12-10-15(4-9-18(12)25(27)28)20(26)23-16-5-7-17(8-6-16)31(29,30)24-19-11-13(2)21-14(3)22-19/h4-11H,1-3H3,(H,23,26)(H,21,22,24). The largest absolute Gasteiger partial charge is 0.322 e. The number of hydrogen-bond acceptors (Lipinski definition) is 7. The lowest BCUT2D eigenvalue weighted by molar-refractivity contribution is -0.385. The molecule has 1 aromatic heterocycles. The lowest BCUT2D eigenvalue weighted by atomic mass is 10.1. The molecule has 0 fully saturated rings. The van der Waals surface area contributed by atoms with Gasteiger partial charge in [0.25, 0.3) is 21.6 Å². The van der Waals surface area contributed by atoms with E-state index >= 15 is 0 Å². The Kier molecular flexibility index (Phi) is 5.97. The van der Waals surface area contributed by atoms with E-state index in [1.807, 2.05) is 0 Å². The predicted octanol–water partition coefficient (Wildman–Crippen LogP) is 3.36. The summed E-state index contributed by atoms with van der Waals surface area (Å²) >= 11 is 0. The molecule has 0 saturated carbocycles. The summed E-state index contributed by atoms with van der Waals surface area (Å²) in [5.74, 6) is 0.131. The van der Waals surface area contributed by atoms with Crippen LogP contribution in [0.4, 0.5) is 17.2 Å². The lowest BCUT2D eigenvalue weighted by Crippen LogP contribution is -2.15.